The van der Waals surface area contributed by atoms with Gasteiger partial charge in [-0.25, -0.2) is 9.97 Å². The van der Waals surface area contributed by atoms with Crippen molar-refractivity contribution in [2.75, 3.05) is 23.8 Å². The molecule has 0 atom stereocenters. The molecule has 28 heavy (non-hydrogen) atoms. The van der Waals surface area contributed by atoms with E-state index in [1.165, 1.54) is 0 Å². The van der Waals surface area contributed by atoms with Crippen molar-refractivity contribution in [2.45, 2.75) is 13.8 Å². The first-order valence-corrected chi connectivity index (χ1v) is 9.08. The molecule has 0 aliphatic carbocycles. The second-order valence-electron chi connectivity index (χ2n) is 6.66. The lowest BCUT2D eigenvalue weighted by atomic mass is 10.1. The number of fused-ring (bicyclic) bond motifs is 3. The molecule has 0 radical (unpaired) electrons. The first kappa shape index (κ1) is 17.9. The Morgan fingerprint density at radius 3 is 2.64 bits per heavy atom. The van der Waals surface area contributed by atoms with Gasteiger partial charge in [0.25, 0.3) is 5.91 Å². The van der Waals surface area contributed by atoms with Gasteiger partial charge < -0.3 is 15.7 Å². The minimum absolute atomic E-state index is 0.0168. The molecule has 0 saturated heterocycles. The van der Waals surface area contributed by atoms with Crippen LogP contribution in [0.25, 0.3) is 16.7 Å². The summed E-state index contributed by atoms with van der Waals surface area (Å²) in [5, 5.41) is 15.2. The summed E-state index contributed by atoms with van der Waals surface area (Å²) < 4.78 is 1.88. The molecule has 0 bridgehead atoms. The number of nitrogens with zero attached hydrogens (tertiary/aromatic N) is 3. The Morgan fingerprint density at radius 1 is 1.14 bits per heavy atom. The Labute approximate surface area is 162 Å². The summed E-state index contributed by atoms with van der Waals surface area (Å²) in [4.78, 5) is 21.8. The van der Waals surface area contributed by atoms with Crippen LogP contribution in [0.3, 0.4) is 0 Å². The third-order valence-corrected chi connectivity index (χ3v) is 4.72. The third kappa shape index (κ3) is 3.16. The Morgan fingerprint density at radius 2 is 1.89 bits per heavy atom. The molecule has 2 aromatic carbocycles. The lowest BCUT2D eigenvalue weighted by Crippen LogP contribution is -2.14. The summed E-state index contributed by atoms with van der Waals surface area (Å²) in [6, 6.07) is 13.1. The van der Waals surface area contributed by atoms with E-state index in [2.05, 4.69) is 20.6 Å². The molecule has 0 saturated carbocycles. The van der Waals surface area contributed by atoms with Crippen molar-refractivity contribution >= 4 is 34.2 Å². The predicted octanol–water partition coefficient (Wildman–Crippen LogP) is 3.16. The molecule has 2 aromatic heterocycles. The van der Waals surface area contributed by atoms with Gasteiger partial charge in [0.2, 0.25) is 0 Å². The molecule has 4 aromatic rings. The molecule has 142 valence electrons. The Bertz CT molecular complexity index is 1170. The fourth-order valence-electron chi connectivity index (χ4n) is 3.15. The first-order chi connectivity index (χ1) is 13.6. The van der Waals surface area contributed by atoms with Crippen LogP contribution in [0, 0.1) is 13.8 Å². The molecular weight excluding hydrogens is 354 g/mol. The van der Waals surface area contributed by atoms with Crippen molar-refractivity contribution in [2.24, 2.45) is 0 Å². The van der Waals surface area contributed by atoms with Crippen LogP contribution in [0.5, 0.6) is 0 Å². The molecule has 0 spiro atoms. The summed E-state index contributed by atoms with van der Waals surface area (Å²) >= 11 is 0. The number of imidazole rings is 1. The maximum Gasteiger partial charge on any atom is 0.256 e. The van der Waals surface area contributed by atoms with Crippen molar-refractivity contribution in [1.29, 1.82) is 0 Å². The average molecular weight is 375 g/mol. The fourth-order valence-corrected chi connectivity index (χ4v) is 3.15. The number of carbonyl (C=O) groups is 1. The smallest absolute Gasteiger partial charge is 0.256 e. The summed E-state index contributed by atoms with van der Waals surface area (Å²) in [7, 11) is 0. The van der Waals surface area contributed by atoms with Crippen LogP contribution in [-0.2, 0) is 0 Å². The van der Waals surface area contributed by atoms with Crippen molar-refractivity contribution in [1.82, 2.24) is 14.4 Å². The van der Waals surface area contributed by atoms with E-state index in [0.29, 0.717) is 29.4 Å². The van der Waals surface area contributed by atoms with E-state index >= 15 is 0 Å². The monoisotopic (exact) mass is 375 g/mol. The van der Waals surface area contributed by atoms with E-state index in [9.17, 15) is 4.79 Å². The number of anilines is 2. The highest BCUT2D eigenvalue weighted by atomic mass is 16.3. The van der Waals surface area contributed by atoms with Gasteiger partial charge in [-0.3, -0.25) is 9.20 Å². The number of amides is 1. The number of hydrogen-bond donors (Lipinski definition) is 3. The second-order valence-corrected chi connectivity index (χ2v) is 6.66. The van der Waals surface area contributed by atoms with Crippen molar-refractivity contribution in [3.63, 3.8) is 0 Å². The van der Waals surface area contributed by atoms with Gasteiger partial charge in [0.1, 0.15) is 5.82 Å². The molecular formula is C21H21N5O2. The zero-order valence-corrected chi connectivity index (χ0v) is 15.7. The largest absolute Gasteiger partial charge is 0.395 e. The van der Waals surface area contributed by atoms with Gasteiger partial charge in [0, 0.05) is 12.1 Å². The zero-order valence-electron chi connectivity index (χ0n) is 15.7. The molecule has 0 fully saturated rings. The van der Waals surface area contributed by atoms with E-state index in [0.717, 1.165) is 22.2 Å². The number of aryl methyl sites for hydroxylation is 2. The van der Waals surface area contributed by atoms with E-state index < -0.39 is 0 Å². The summed E-state index contributed by atoms with van der Waals surface area (Å²) in [5.74, 6) is 0.914. The van der Waals surface area contributed by atoms with Crippen LogP contribution in [0.1, 0.15) is 21.5 Å². The van der Waals surface area contributed by atoms with E-state index in [4.69, 9.17) is 5.11 Å². The second kappa shape index (κ2) is 7.28. The number of hydrogen-bond acceptors (Lipinski definition) is 5. The number of aliphatic hydroxyl groups excluding tert-OH is 1. The zero-order chi connectivity index (χ0) is 19.7. The SMILES string of the molecule is Cc1cc2nc(NCCO)c3ncc(NC(=O)c4ccccc4)n3c2cc1C. The van der Waals surface area contributed by atoms with Crippen molar-refractivity contribution in [3.05, 3.63) is 65.4 Å². The summed E-state index contributed by atoms with van der Waals surface area (Å²) in [6.07, 6.45) is 1.62. The minimum Gasteiger partial charge on any atom is -0.395 e. The molecule has 0 aliphatic rings. The molecule has 2 heterocycles. The minimum atomic E-state index is -0.207. The van der Waals surface area contributed by atoms with E-state index in [1.54, 1.807) is 18.3 Å². The highest BCUT2D eigenvalue weighted by molar-refractivity contribution is 6.04. The normalized spacial score (nSPS) is 11.1. The number of aromatic nitrogens is 3. The number of aliphatic hydroxyl groups is 1. The number of carbonyl (C=O) groups excluding carboxylic acids is 1. The Balaban J connectivity index is 1.88. The maximum absolute atomic E-state index is 12.7. The molecule has 0 unspecified atom stereocenters. The van der Waals surface area contributed by atoms with Crippen molar-refractivity contribution < 1.29 is 9.90 Å². The van der Waals surface area contributed by atoms with Gasteiger partial charge >= 0.3 is 0 Å². The molecule has 4 rings (SSSR count). The van der Waals surface area contributed by atoms with Gasteiger partial charge in [0.05, 0.1) is 23.8 Å². The van der Waals surface area contributed by atoms with Gasteiger partial charge in [-0.2, -0.15) is 0 Å². The standard InChI is InChI=1S/C21H21N5O2/c1-13-10-16-17(11-14(13)2)26-18(25-21(28)15-6-4-3-5-7-15)12-23-20(26)19(24-16)22-8-9-27/h3-7,10-12,27H,8-9H2,1-2H3,(H,22,24)(H,25,28). The quantitative estimate of drug-likeness (QED) is 0.498. The summed E-state index contributed by atoms with van der Waals surface area (Å²) in [5.41, 5.74) is 5.05. The van der Waals surface area contributed by atoms with Crippen LogP contribution in [-0.4, -0.2) is 38.5 Å². The van der Waals surface area contributed by atoms with Crippen LogP contribution in [0.4, 0.5) is 11.6 Å². The van der Waals surface area contributed by atoms with Crippen LogP contribution < -0.4 is 10.6 Å². The van der Waals surface area contributed by atoms with Crippen LogP contribution in [0.15, 0.2) is 48.7 Å². The molecule has 7 heteroatoms. The number of rotatable bonds is 5. The van der Waals surface area contributed by atoms with Crippen LogP contribution >= 0.6 is 0 Å². The van der Waals surface area contributed by atoms with Gasteiger partial charge in [-0.1, -0.05) is 18.2 Å². The lowest BCUT2D eigenvalue weighted by molar-refractivity contribution is 0.102. The highest BCUT2D eigenvalue weighted by Gasteiger charge is 2.16. The molecule has 0 aliphatic heterocycles. The molecule has 3 N–H and O–H groups in total. The third-order valence-electron chi connectivity index (χ3n) is 4.72. The Hall–Kier alpha value is -3.45. The van der Waals surface area contributed by atoms with Gasteiger partial charge in [-0.05, 0) is 49.2 Å². The lowest BCUT2D eigenvalue weighted by Gasteiger charge is -2.13. The average Bonchev–Trinajstić information content (AvgIpc) is 3.12. The van der Waals surface area contributed by atoms with Crippen molar-refractivity contribution in [3.8, 4) is 0 Å². The predicted molar refractivity (Wildman–Crippen MR) is 110 cm³/mol. The molecule has 1 amide bonds. The van der Waals surface area contributed by atoms with Gasteiger partial charge in [-0.15, -0.1) is 0 Å². The number of nitrogens with one attached hydrogen (secondary N) is 2. The Kier molecular flexibility index (Phi) is 4.67. The van der Waals surface area contributed by atoms with E-state index in [1.807, 2.05) is 48.6 Å². The molecule has 7 nitrogen and oxygen atoms in total. The van der Waals surface area contributed by atoms with Crippen LogP contribution in [0.2, 0.25) is 0 Å². The summed E-state index contributed by atoms with van der Waals surface area (Å²) in [6.45, 7) is 4.42. The highest BCUT2D eigenvalue weighted by Crippen LogP contribution is 2.27. The van der Waals surface area contributed by atoms with Gasteiger partial charge in [0.15, 0.2) is 11.5 Å². The fraction of sp³-hybridized carbons (Fsp3) is 0.190. The topological polar surface area (TPSA) is 91.6 Å². The maximum atomic E-state index is 12.7. The number of benzene rings is 2. The first-order valence-electron chi connectivity index (χ1n) is 9.08. The van der Waals surface area contributed by atoms with E-state index in [-0.39, 0.29) is 12.5 Å².